The first-order valence-electron chi connectivity index (χ1n) is 5.14. The molecule has 2 heteroatoms. The van der Waals surface area contributed by atoms with Crippen molar-refractivity contribution in [2.24, 2.45) is 5.41 Å². The van der Waals surface area contributed by atoms with Gasteiger partial charge in [0.2, 0.25) is 0 Å². The van der Waals surface area contributed by atoms with Gasteiger partial charge in [0.15, 0.2) is 5.78 Å². The third kappa shape index (κ3) is 2.02. The number of carbonyl (C=O) groups is 1. The van der Waals surface area contributed by atoms with Crippen LogP contribution in [-0.4, -0.2) is 10.6 Å². The van der Waals surface area contributed by atoms with Gasteiger partial charge in [0, 0.05) is 10.4 Å². The molecule has 0 radical (unpaired) electrons. The largest absolute Gasteiger partial charge is 0.293 e. The summed E-state index contributed by atoms with van der Waals surface area (Å²) in [5, 5.41) is 0. The molecule has 0 heterocycles. The molecule has 1 aromatic carbocycles. The third-order valence-electron chi connectivity index (χ3n) is 2.71. The average Bonchev–Trinajstić information content (AvgIpc) is 2.33. The molecule has 1 aromatic rings. The van der Waals surface area contributed by atoms with E-state index < -0.39 is 5.41 Å². The van der Waals surface area contributed by atoms with E-state index >= 15 is 0 Å². The van der Waals surface area contributed by atoms with Crippen molar-refractivity contribution in [2.75, 3.05) is 0 Å². The van der Waals surface area contributed by atoms with Gasteiger partial charge in [-0.25, -0.2) is 0 Å². The summed E-state index contributed by atoms with van der Waals surface area (Å²) >= 11 is 5.03. The van der Waals surface area contributed by atoms with Crippen molar-refractivity contribution < 1.29 is 4.79 Å². The standard InChI is InChI=1S/C14H12OS/c1-14(9-7-12(16)8-10-14)13(15)11-5-3-2-4-6-11/h2-10H,1H3. The highest BCUT2D eigenvalue weighted by Crippen LogP contribution is 2.28. The van der Waals surface area contributed by atoms with E-state index in [0.717, 1.165) is 10.4 Å². The van der Waals surface area contributed by atoms with Crippen LogP contribution in [0.5, 0.6) is 0 Å². The molecular formula is C14H12OS. The SMILES string of the molecule is CC1(C(=O)c2ccccc2)C=CC(=S)C=C1. The molecule has 16 heavy (non-hydrogen) atoms. The molecule has 0 spiro atoms. The summed E-state index contributed by atoms with van der Waals surface area (Å²) in [6.07, 6.45) is 7.36. The molecule has 0 unspecified atom stereocenters. The van der Waals surface area contributed by atoms with Gasteiger partial charge in [0.25, 0.3) is 0 Å². The number of hydrogen-bond acceptors (Lipinski definition) is 2. The lowest BCUT2D eigenvalue weighted by molar-refractivity contribution is 0.0907. The van der Waals surface area contributed by atoms with E-state index in [2.05, 4.69) is 0 Å². The lowest BCUT2D eigenvalue weighted by Crippen LogP contribution is -2.25. The van der Waals surface area contributed by atoms with Gasteiger partial charge in [-0.2, -0.15) is 0 Å². The number of ketones is 1. The molecule has 0 saturated carbocycles. The Balaban J connectivity index is 2.33. The number of thiocarbonyl (C=S) groups is 1. The monoisotopic (exact) mass is 228 g/mol. The van der Waals surface area contributed by atoms with Crippen molar-refractivity contribution in [3.8, 4) is 0 Å². The van der Waals surface area contributed by atoms with Crippen molar-refractivity contribution in [3.05, 3.63) is 60.2 Å². The van der Waals surface area contributed by atoms with Crippen molar-refractivity contribution in [1.29, 1.82) is 0 Å². The molecule has 1 nitrogen and oxygen atoms in total. The van der Waals surface area contributed by atoms with E-state index in [-0.39, 0.29) is 5.78 Å². The molecule has 0 amide bonds. The lowest BCUT2D eigenvalue weighted by atomic mass is 9.79. The predicted octanol–water partition coefficient (Wildman–Crippen LogP) is 3.37. The molecule has 0 aliphatic heterocycles. The first-order valence-corrected chi connectivity index (χ1v) is 5.55. The second kappa shape index (κ2) is 4.14. The zero-order chi connectivity index (χ0) is 11.6. The minimum absolute atomic E-state index is 0.100. The average molecular weight is 228 g/mol. The Labute approximate surface area is 100 Å². The number of benzene rings is 1. The first-order chi connectivity index (χ1) is 7.62. The summed E-state index contributed by atoms with van der Waals surface area (Å²) in [5.41, 5.74) is 0.163. The highest BCUT2D eigenvalue weighted by Gasteiger charge is 2.29. The summed E-state index contributed by atoms with van der Waals surface area (Å²) in [6.45, 7) is 1.90. The molecule has 0 bridgehead atoms. The Hall–Kier alpha value is -1.54. The quantitative estimate of drug-likeness (QED) is 0.570. The summed E-state index contributed by atoms with van der Waals surface area (Å²) in [6, 6.07) is 9.32. The highest BCUT2D eigenvalue weighted by molar-refractivity contribution is 7.81. The van der Waals surface area contributed by atoms with Crippen LogP contribution in [0.25, 0.3) is 0 Å². The van der Waals surface area contributed by atoms with E-state index in [1.807, 2.05) is 61.6 Å². The van der Waals surface area contributed by atoms with Crippen molar-refractivity contribution >= 4 is 22.9 Å². The van der Waals surface area contributed by atoms with Gasteiger partial charge in [-0.15, -0.1) is 0 Å². The zero-order valence-corrected chi connectivity index (χ0v) is 9.83. The number of Topliss-reactive ketones (excluding diaryl/α,β-unsaturated/α-hetero) is 1. The number of allylic oxidation sites excluding steroid dienone is 4. The zero-order valence-electron chi connectivity index (χ0n) is 9.01. The molecule has 0 fully saturated rings. The number of hydrogen-bond donors (Lipinski definition) is 0. The van der Waals surface area contributed by atoms with Gasteiger partial charge < -0.3 is 0 Å². The van der Waals surface area contributed by atoms with Crippen LogP contribution in [0.1, 0.15) is 17.3 Å². The maximum atomic E-state index is 12.3. The fraction of sp³-hybridized carbons (Fsp3) is 0.143. The van der Waals surface area contributed by atoms with Gasteiger partial charge >= 0.3 is 0 Å². The fourth-order valence-electron chi connectivity index (χ4n) is 1.67. The summed E-state index contributed by atoms with van der Waals surface area (Å²) in [7, 11) is 0. The highest BCUT2D eigenvalue weighted by atomic mass is 32.1. The molecule has 0 aromatic heterocycles. The molecular weight excluding hydrogens is 216 g/mol. The fourth-order valence-corrected chi connectivity index (χ4v) is 1.81. The van der Waals surface area contributed by atoms with Gasteiger partial charge in [-0.3, -0.25) is 4.79 Å². The van der Waals surface area contributed by atoms with E-state index in [1.54, 1.807) is 0 Å². The smallest absolute Gasteiger partial charge is 0.176 e. The van der Waals surface area contributed by atoms with Gasteiger partial charge in [-0.1, -0.05) is 54.7 Å². The summed E-state index contributed by atoms with van der Waals surface area (Å²) < 4.78 is 0. The van der Waals surface area contributed by atoms with Crippen LogP contribution in [0, 0.1) is 5.41 Å². The second-order valence-corrected chi connectivity index (χ2v) is 4.52. The van der Waals surface area contributed by atoms with Crippen LogP contribution in [0.3, 0.4) is 0 Å². The number of rotatable bonds is 2. The molecule has 80 valence electrons. The first kappa shape index (κ1) is 11.0. The van der Waals surface area contributed by atoms with E-state index in [0.29, 0.717) is 0 Å². The predicted molar refractivity (Wildman–Crippen MR) is 69.8 cm³/mol. The van der Waals surface area contributed by atoms with Gasteiger partial charge in [-0.05, 0) is 19.1 Å². The maximum Gasteiger partial charge on any atom is 0.176 e. The van der Waals surface area contributed by atoms with Crippen molar-refractivity contribution in [2.45, 2.75) is 6.92 Å². The van der Waals surface area contributed by atoms with Gasteiger partial charge in [0.1, 0.15) is 0 Å². The van der Waals surface area contributed by atoms with Crippen molar-refractivity contribution in [1.82, 2.24) is 0 Å². The second-order valence-electron chi connectivity index (χ2n) is 4.05. The van der Waals surface area contributed by atoms with Crippen molar-refractivity contribution in [3.63, 3.8) is 0 Å². The molecule has 0 saturated heterocycles. The Morgan fingerprint density at radius 1 is 1.12 bits per heavy atom. The van der Waals surface area contributed by atoms with Crippen LogP contribution in [0.2, 0.25) is 0 Å². The Morgan fingerprint density at radius 3 is 2.25 bits per heavy atom. The molecule has 1 aliphatic rings. The molecule has 0 N–H and O–H groups in total. The third-order valence-corrected chi connectivity index (χ3v) is 2.99. The normalized spacial score (nSPS) is 17.4. The van der Waals surface area contributed by atoms with Crippen LogP contribution in [0.4, 0.5) is 0 Å². The molecule has 0 atom stereocenters. The number of carbonyl (C=O) groups excluding carboxylic acids is 1. The lowest BCUT2D eigenvalue weighted by Gasteiger charge is -2.22. The van der Waals surface area contributed by atoms with Crippen LogP contribution in [-0.2, 0) is 0 Å². The minimum atomic E-state index is -0.566. The Morgan fingerprint density at radius 2 is 1.69 bits per heavy atom. The van der Waals surface area contributed by atoms with Gasteiger partial charge in [0.05, 0.1) is 5.41 Å². The molecule has 2 rings (SSSR count). The Bertz CT molecular complexity index is 467. The van der Waals surface area contributed by atoms with E-state index in [1.165, 1.54) is 0 Å². The molecule has 1 aliphatic carbocycles. The van der Waals surface area contributed by atoms with Crippen LogP contribution in [0.15, 0.2) is 54.6 Å². The minimum Gasteiger partial charge on any atom is -0.293 e. The van der Waals surface area contributed by atoms with Crippen LogP contribution < -0.4 is 0 Å². The van der Waals surface area contributed by atoms with E-state index in [9.17, 15) is 4.79 Å². The topological polar surface area (TPSA) is 17.1 Å². The maximum absolute atomic E-state index is 12.3. The Kier molecular flexibility index (Phi) is 2.84. The summed E-state index contributed by atoms with van der Waals surface area (Å²) in [5.74, 6) is 0.100. The van der Waals surface area contributed by atoms with Crippen LogP contribution >= 0.6 is 12.2 Å². The summed E-state index contributed by atoms with van der Waals surface area (Å²) in [4.78, 5) is 13.0. The van der Waals surface area contributed by atoms with E-state index in [4.69, 9.17) is 12.2 Å².